The summed E-state index contributed by atoms with van der Waals surface area (Å²) in [6.45, 7) is 6.58. The second-order valence-electron chi connectivity index (χ2n) is 5.28. The van der Waals surface area contributed by atoms with Crippen molar-refractivity contribution in [3.63, 3.8) is 0 Å². The summed E-state index contributed by atoms with van der Waals surface area (Å²) < 4.78 is 5.29. The van der Waals surface area contributed by atoms with Crippen molar-refractivity contribution in [2.45, 2.75) is 12.5 Å². The third-order valence-corrected chi connectivity index (χ3v) is 3.66. The maximum absolute atomic E-state index is 12.2. The zero-order chi connectivity index (χ0) is 14.4. The molecule has 1 aliphatic rings. The minimum atomic E-state index is -0.994. The van der Waals surface area contributed by atoms with Crippen LogP contribution in [0.15, 0.2) is 30.3 Å². The highest BCUT2D eigenvalue weighted by Crippen LogP contribution is 2.17. The fourth-order valence-corrected chi connectivity index (χ4v) is 2.25. The van der Waals surface area contributed by atoms with Crippen LogP contribution in [0.5, 0.6) is 0 Å². The van der Waals surface area contributed by atoms with Crippen LogP contribution in [0.25, 0.3) is 0 Å². The summed E-state index contributed by atoms with van der Waals surface area (Å²) in [6, 6.07) is 9.45. The molecule has 1 heterocycles. The van der Waals surface area contributed by atoms with Gasteiger partial charge in [-0.15, -0.1) is 0 Å². The Kier molecular flexibility index (Phi) is 5.11. The number of nitrogens with two attached hydrogens (primary N) is 1. The van der Waals surface area contributed by atoms with Crippen molar-refractivity contribution in [1.29, 1.82) is 0 Å². The molecule has 1 aromatic carbocycles. The molecule has 0 radical (unpaired) electrons. The van der Waals surface area contributed by atoms with Gasteiger partial charge in [0.05, 0.1) is 13.2 Å². The molecule has 0 aromatic heterocycles. The van der Waals surface area contributed by atoms with Gasteiger partial charge < -0.3 is 15.8 Å². The molecule has 1 unspecified atom stereocenters. The van der Waals surface area contributed by atoms with Crippen LogP contribution >= 0.6 is 0 Å². The molecule has 1 atom stereocenters. The number of amides is 1. The van der Waals surface area contributed by atoms with Gasteiger partial charge in [0.1, 0.15) is 5.54 Å². The molecule has 0 bridgehead atoms. The van der Waals surface area contributed by atoms with E-state index in [2.05, 4.69) is 10.2 Å². The van der Waals surface area contributed by atoms with E-state index < -0.39 is 5.54 Å². The number of carbonyl (C=O) groups is 1. The normalized spacial score (nSPS) is 19.3. The number of morpholine rings is 1. The van der Waals surface area contributed by atoms with Crippen LogP contribution < -0.4 is 11.1 Å². The first kappa shape index (κ1) is 15.0. The fraction of sp³-hybridized carbons (Fsp3) is 0.533. The van der Waals surface area contributed by atoms with Gasteiger partial charge in [0.25, 0.3) is 0 Å². The minimum Gasteiger partial charge on any atom is -0.379 e. The van der Waals surface area contributed by atoms with E-state index in [4.69, 9.17) is 10.5 Å². The quantitative estimate of drug-likeness (QED) is 0.813. The Morgan fingerprint density at radius 2 is 2.00 bits per heavy atom. The maximum atomic E-state index is 12.2. The Bertz CT molecular complexity index is 428. The molecule has 1 aromatic rings. The zero-order valence-electron chi connectivity index (χ0n) is 12.0. The predicted molar refractivity (Wildman–Crippen MR) is 78.3 cm³/mol. The fourth-order valence-electron chi connectivity index (χ4n) is 2.25. The Labute approximate surface area is 120 Å². The molecule has 0 saturated carbocycles. The standard InChI is InChI=1S/C15H23N3O2/c1-15(16,13-5-3-2-4-6-13)14(19)17-7-8-18-9-11-20-12-10-18/h2-6H,7-12,16H2,1H3,(H,17,19). The number of ether oxygens (including phenoxy) is 1. The number of hydrogen-bond acceptors (Lipinski definition) is 4. The van der Waals surface area contributed by atoms with Crippen molar-refractivity contribution in [2.24, 2.45) is 5.73 Å². The molecule has 1 aliphatic heterocycles. The summed E-state index contributed by atoms with van der Waals surface area (Å²) in [4.78, 5) is 14.5. The number of carbonyl (C=O) groups excluding carboxylic acids is 1. The summed E-state index contributed by atoms with van der Waals surface area (Å²) in [6.07, 6.45) is 0. The lowest BCUT2D eigenvalue weighted by atomic mass is 9.92. The first-order chi connectivity index (χ1) is 9.60. The van der Waals surface area contributed by atoms with Crippen molar-refractivity contribution in [1.82, 2.24) is 10.2 Å². The Morgan fingerprint density at radius 1 is 1.35 bits per heavy atom. The number of nitrogens with one attached hydrogen (secondary N) is 1. The molecule has 2 rings (SSSR count). The second kappa shape index (κ2) is 6.83. The summed E-state index contributed by atoms with van der Waals surface area (Å²) in [5.74, 6) is -0.142. The van der Waals surface area contributed by atoms with E-state index in [1.807, 2.05) is 30.3 Å². The summed E-state index contributed by atoms with van der Waals surface area (Å²) >= 11 is 0. The average Bonchev–Trinajstić information content (AvgIpc) is 2.49. The predicted octanol–water partition coefficient (Wildman–Crippen LogP) is 0.309. The highest BCUT2D eigenvalue weighted by molar-refractivity contribution is 5.86. The Balaban J connectivity index is 1.81. The molecule has 3 N–H and O–H groups in total. The van der Waals surface area contributed by atoms with Gasteiger partial charge in [-0.2, -0.15) is 0 Å². The molecule has 0 aliphatic carbocycles. The van der Waals surface area contributed by atoms with Gasteiger partial charge in [-0.25, -0.2) is 0 Å². The monoisotopic (exact) mass is 277 g/mol. The van der Waals surface area contributed by atoms with E-state index in [-0.39, 0.29) is 5.91 Å². The van der Waals surface area contributed by atoms with Crippen molar-refractivity contribution in [3.8, 4) is 0 Å². The highest BCUT2D eigenvalue weighted by atomic mass is 16.5. The van der Waals surface area contributed by atoms with Gasteiger partial charge in [0.15, 0.2) is 0 Å². The van der Waals surface area contributed by atoms with Crippen molar-refractivity contribution < 1.29 is 9.53 Å². The van der Waals surface area contributed by atoms with Gasteiger partial charge in [0.2, 0.25) is 5.91 Å². The van der Waals surface area contributed by atoms with Crippen LogP contribution in [0.3, 0.4) is 0 Å². The molecule has 0 spiro atoms. The van der Waals surface area contributed by atoms with E-state index in [0.29, 0.717) is 6.54 Å². The molecule has 1 saturated heterocycles. The lowest BCUT2D eigenvalue weighted by Crippen LogP contribution is -2.51. The van der Waals surface area contributed by atoms with Gasteiger partial charge >= 0.3 is 0 Å². The molecular formula is C15H23N3O2. The third-order valence-electron chi connectivity index (χ3n) is 3.66. The molecule has 5 nitrogen and oxygen atoms in total. The Hall–Kier alpha value is -1.43. The summed E-state index contributed by atoms with van der Waals surface area (Å²) in [5, 5.41) is 2.92. The summed E-state index contributed by atoms with van der Waals surface area (Å²) in [5.41, 5.74) is 5.98. The lowest BCUT2D eigenvalue weighted by Gasteiger charge is -2.28. The lowest BCUT2D eigenvalue weighted by molar-refractivity contribution is -0.126. The van der Waals surface area contributed by atoms with Crippen molar-refractivity contribution in [3.05, 3.63) is 35.9 Å². The van der Waals surface area contributed by atoms with E-state index in [9.17, 15) is 4.79 Å². The molecule has 20 heavy (non-hydrogen) atoms. The molecule has 110 valence electrons. The number of nitrogens with zero attached hydrogens (tertiary/aromatic N) is 1. The topological polar surface area (TPSA) is 67.6 Å². The van der Waals surface area contributed by atoms with Gasteiger partial charge in [-0.1, -0.05) is 30.3 Å². The number of rotatable bonds is 5. The first-order valence-electron chi connectivity index (χ1n) is 7.03. The minimum absolute atomic E-state index is 0.142. The largest absolute Gasteiger partial charge is 0.379 e. The van der Waals surface area contributed by atoms with Crippen molar-refractivity contribution >= 4 is 5.91 Å². The van der Waals surface area contributed by atoms with E-state index >= 15 is 0 Å². The van der Waals surface area contributed by atoms with Crippen LogP contribution in [0.2, 0.25) is 0 Å². The molecule has 1 amide bonds. The zero-order valence-corrected chi connectivity index (χ0v) is 12.0. The smallest absolute Gasteiger partial charge is 0.244 e. The van der Waals surface area contributed by atoms with Gasteiger partial charge in [-0.3, -0.25) is 9.69 Å². The molecule has 1 fully saturated rings. The van der Waals surface area contributed by atoms with E-state index in [1.165, 1.54) is 0 Å². The van der Waals surface area contributed by atoms with Crippen LogP contribution in [0, 0.1) is 0 Å². The Morgan fingerprint density at radius 3 is 2.65 bits per heavy atom. The number of benzene rings is 1. The maximum Gasteiger partial charge on any atom is 0.244 e. The average molecular weight is 277 g/mol. The van der Waals surface area contributed by atoms with Crippen molar-refractivity contribution in [2.75, 3.05) is 39.4 Å². The van der Waals surface area contributed by atoms with Crippen LogP contribution in [-0.2, 0) is 15.1 Å². The molecule has 5 heteroatoms. The highest BCUT2D eigenvalue weighted by Gasteiger charge is 2.29. The van der Waals surface area contributed by atoms with Gasteiger partial charge in [-0.05, 0) is 12.5 Å². The first-order valence-corrected chi connectivity index (χ1v) is 7.03. The van der Waals surface area contributed by atoms with Crippen LogP contribution in [0.1, 0.15) is 12.5 Å². The van der Waals surface area contributed by atoms with Crippen LogP contribution in [0.4, 0.5) is 0 Å². The van der Waals surface area contributed by atoms with E-state index in [0.717, 1.165) is 38.4 Å². The number of hydrogen-bond donors (Lipinski definition) is 2. The second-order valence-corrected chi connectivity index (χ2v) is 5.28. The van der Waals surface area contributed by atoms with E-state index in [1.54, 1.807) is 6.92 Å². The van der Waals surface area contributed by atoms with Crippen LogP contribution in [-0.4, -0.2) is 50.2 Å². The summed E-state index contributed by atoms with van der Waals surface area (Å²) in [7, 11) is 0. The molecular weight excluding hydrogens is 254 g/mol. The SMILES string of the molecule is CC(N)(C(=O)NCCN1CCOCC1)c1ccccc1. The van der Waals surface area contributed by atoms with Gasteiger partial charge in [0, 0.05) is 26.2 Å². The third kappa shape index (κ3) is 3.79.